The monoisotopic (exact) mass is 394 g/mol. The molecule has 0 unspecified atom stereocenters. The highest BCUT2D eigenvalue weighted by atomic mass is 19.1. The highest BCUT2D eigenvalue weighted by molar-refractivity contribution is 5.87. The molecule has 2 aliphatic rings. The minimum absolute atomic E-state index is 0.164. The molecule has 2 aromatic heterocycles. The van der Waals surface area contributed by atoms with Gasteiger partial charge in [0.15, 0.2) is 5.82 Å². The van der Waals surface area contributed by atoms with Gasteiger partial charge in [0.25, 0.3) is 0 Å². The summed E-state index contributed by atoms with van der Waals surface area (Å²) in [6.07, 6.45) is 5.78. The number of carbonyl (C=O) groups excluding carboxylic acids is 1. The Labute approximate surface area is 170 Å². The molecule has 0 spiro atoms. The quantitative estimate of drug-likeness (QED) is 0.658. The van der Waals surface area contributed by atoms with Gasteiger partial charge in [0.2, 0.25) is 5.91 Å². The Morgan fingerprint density at radius 2 is 1.97 bits per heavy atom. The molecule has 0 N–H and O–H groups in total. The summed E-state index contributed by atoms with van der Waals surface area (Å²) in [7, 11) is 0. The summed E-state index contributed by atoms with van der Waals surface area (Å²) in [4.78, 5) is 13.7. The number of halogens is 1. The average molecular weight is 394 g/mol. The largest absolute Gasteiger partial charge is 0.343 e. The van der Waals surface area contributed by atoms with Crippen LogP contribution in [0.3, 0.4) is 0 Å². The van der Waals surface area contributed by atoms with Crippen LogP contribution in [-0.2, 0) is 11.3 Å². The molecule has 0 atom stereocenters. The Kier molecular flexibility index (Phi) is 4.45. The number of piperidine rings is 1. The van der Waals surface area contributed by atoms with Gasteiger partial charge < -0.3 is 9.47 Å². The molecule has 6 heteroatoms. The maximum atomic E-state index is 14.0. The molecule has 1 amide bonds. The van der Waals surface area contributed by atoms with Crippen molar-refractivity contribution in [3.8, 4) is 5.82 Å². The third-order valence-electron chi connectivity index (χ3n) is 6.61. The molecule has 0 bridgehead atoms. The minimum atomic E-state index is -0.273. The lowest BCUT2D eigenvalue weighted by Gasteiger charge is -2.32. The molecule has 29 heavy (non-hydrogen) atoms. The van der Waals surface area contributed by atoms with Crippen molar-refractivity contribution in [1.29, 1.82) is 0 Å². The van der Waals surface area contributed by atoms with Gasteiger partial charge in [-0.2, -0.15) is 5.10 Å². The lowest BCUT2D eigenvalue weighted by Crippen LogP contribution is -2.36. The van der Waals surface area contributed by atoms with Crippen LogP contribution in [0.4, 0.5) is 4.39 Å². The maximum Gasteiger partial charge on any atom is 0.219 e. The number of carbonyl (C=O) groups is 1. The number of para-hydroxylation sites is 1. The van der Waals surface area contributed by atoms with Crippen LogP contribution < -0.4 is 0 Å². The molecule has 1 aromatic carbocycles. The normalized spacial score (nSPS) is 18.0. The number of fused-ring (bicyclic) bond motifs is 1. The second kappa shape index (κ2) is 7.01. The minimum Gasteiger partial charge on any atom is -0.343 e. The van der Waals surface area contributed by atoms with Gasteiger partial charge in [0, 0.05) is 31.9 Å². The van der Waals surface area contributed by atoms with Crippen molar-refractivity contribution >= 4 is 16.8 Å². The Balaban J connectivity index is 1.61. The van der Waals surface area contributed by atoms with Gasteiger partial charge in [-0.15, -0.1) is 0 Å². The van der Waals surface area contributed by atoms with Crippen LogP contribution in [0.2, 0.25) is 0 Å². The van der Waals surface area contributed by atoms with E-state index in [2.05, 4.69) is 33.9 Å². The van der Waals surface area contributed by atoms with Gasteiger partial charge >= 0.3 is 0 Å². The number of rotatable bonds is 4. The molecule has 1 saturated heterocycles. The first-order valence-corrected chi connectivity index (χ1v) is 10.6. The van der Waals surface area contributed by atoms with Gasteiger partial charge in [-0.3, -0.25) is 4.79 Å². The molecule has 1 aliphatic carbocycles. The zero-order valence-corrected chi connectivity index (χ0v) is 17.1. The van der Waals surface area contributed by atoms with Crippen molar-refractivity contribution in [1.82, 2.24) is 19.2 Å². The number of nitrogens with zero attached hydrogens (tertiary/aromatic N) is 4. The molecule has 0 radical (unpaired) electrons. The van der Waals surface area contributed by atoms with Gasteiger partial charge in [-0.25, -0.2) is 9.07 Å². The zero-order valence-electron chi connectivity index (χ0n) is 17.1. The Morgan fingerprint density at radius 3 is 2.59 bits per heavy atom. The number of aromatic nitrogens is 3. The summed E-state index contributed by atoms with van der Waals surface area (Å²) in [6, 6.07) is 8.65. The molecule has 3 heterocycles. The predicted octanol–water partition coefficient (Wildman–Crippen LogP) is 4.41. The van der Waals surface area contributed by atoms with E-state index in [9.17, 15) is 9.18 Å². The lowest BCUT2D eigenvalue weighted by molar-refractivity contribution is -0.129. The second-order valence-corrected chi connectivity index (χ2v) is 8.61. The van der Waals surface area contributed by atoms with Gasteiger partial charge in [-0.1, -0.05) is 18.2 Å². The van der Waals surface area contributed by atoms with E-state index in [1.54, 1.807) is 18.5 Å². The lowest BCUT2D eigenvalue weighted by atomic mass is 9.88. The van der Waals surface area contributed by atoms with Gasteiger partial charge in [0.1, 0.15) is 5.82 Å². The highest BCUT2D eigenvalue weighted by Crippen LogP contribution is 2.38. The number of hydrogen-bond donors (Lipinski definition) is 0. The molecule has 5 rings (SSSR count). The number of hydrogen-bond acceptors (Lipinski definition) is 2. The summed E-state index contributed by atoms with van der Waals surface area (Å²) in [5, 5.41) is 5.50. The van der Waals surface area contributed by atoms with E-state index >= 15 is 0 Å². The van der Waals surface area contributed by atoms with Crippen LogP contribution in [0.15, 0.2) is 30.5 Å². The van der Waals surface area contributed by atoms with E-state index in [1.807, 2.05) is 4.90 Å². The van der Waals surface area contributed by atoms with Crippen LogP contribution in [0.5, 0.6) is 0 Å². The first kappa shape index (κ1) is 18.4. The third kappa shape index (κ3) is 3.24. The summed E-state index contributed by atoms with van der Waals surface area (Å²) >= 11 is 0. The van der Waals surface area contributed by atoms with Crippen molar-refractivity contribution in [2.24, 2.45) is 5.92 Å². The van der Waals surface area contributed by atoms with Crippen LogP contribution in [0, 0.1) is 18.7 Å². The number of benzene rings is 1. The molecule has 152 valence electrons. The van der Waals surface area contributed by atoms with Crippen molar-refractivity contribution in [3.05, 3.63) is 47.5 Å². The smallest absolute Gasteiger partial charge is 0.219 e. The second-order valence-electron chi connectivity index (χ2n) is 8.61. The average Bonchev–Trinajstić information content (AvgIpc) is 3.39. The standard InChI is InChI=1S/C23H27FN4O/c1-15-21(24)13-25-28(15)22-12-19-4-3-5-20(23(19)27(22)14-17-6-7-17)18-8-10-26(11-9-18)16(2)29/h3-5,12-13,17-18H,6-11,14H2,1-2H3. The number of amides is 1. The van der Waals surface area contributed by atoms with Crippen molar-refractivity contribution in [3.63, 3.8) is 0 Å². The van der Waals surface area contributed by atoms with E-state index in [1.165, 1.54) is 35.5 Å². The first-order chi connectivity index (χ1) is 14.0. The molecular weight excluding hydrogens is 367 g/mol. The van der Waals surface area contributed by atoms with Gasteiger partial charge in [0.05, 0.1) is 17.4 Å². The molecule has 1 saturated carbocycles. The van der Waals surface area contributed by atoms with Crippen LogP contribution in [-0.4, -0.2) is 38.2 Å². The first-order valence-electron chi connectivity index (χ1n) is 10.6. The Hall–Kier alpha value is -2.63. The van der Waals surface area contributed by atoms with Crippen LogP contribution in [0.25, 0.3) is 16.7 Å². The summed E-state index contributed by atoms with van der Waals surface area (Å²) < 4.78 is 18.1. The van der Waals surface area contributed by atoms with E-state index in [0.717, 1.165) is 38.3 Å². The molecule has 1 aliphatic heterocycles. The Morgan fingerprint density at radius 1 is 1.21 bits per heavy atom. The fourth-order valence-corrected chi connectivity index (χ4v) is 4.71. The van der Waals surface area contributed by atoms with Crippen LogP contribution in [0.1, 0.15) is 49.8 Å². The molecular formula is C23H27FN4O. The summed E-state index contributed by atoms with van der Waals surface area (Å²) in [5.74, 6) is 1.97. The van der Waals surface area contributed by atoms with Crippen molar-refractivity contribution < 1.29 is 9.18 Å². The van der Waals surface area contributed by atoms with E-state index in [4.69, 9.17) is 0 Å². The summed E-state index contributed by atoms with van der Waals surface area (Å²) in [6.45, 7) is 6.01. The summed E-state index contributed by atoms with van der Waals surface area (Å²) in [5.41, 5.74) is 3.15. The van der Waals surface area contributed by atoms with E-state index in [0.29, 0.717) is 17.5 Å². The fourth-order valence-electron chi connectivity index (χ4n) is 4.71. The predicted molar refractivity (Wildman–Crippen MR) is 111 cm³/mol. The van der Waals surface area contributed by atoms with Crippen molar-refractivity contribution in [2.45, 2.75) is 52.0 Å². The number of likely N-dealkylation sites (tertiary alicyclic amines) is 1. The van der Waals surface area contributed by atoms with E-state index in [-0.39, 0.29) is 11.7 Å². The molecule has 3 aromatic rings. The van der Waals surface area contributed by atoms with Crippen LogP contribution >= 0.6 is 0 Å². The fraction of sp³-hybridized carbons (Fsp3) is 0.478. The maximum absolute atomic E-state index is 14.0. The van der Waals surface area contributed by atoms with E-state index < -0.39 is 0 Å². The third-order valence-corrected chi connectivity index (χ3v) is 6.61. The Bertz CT molecular complexity index is 1070. The highest BCUT2D eigenvalue weighted by Gasteiger charge is 2.28. The SMILES string of the molecule is CC(=O)N1CCC(c2cccc3cc(-n4ncc(F)c4C)n(CC4CC4)c23)CC1. The molecule has 2 fully saturated rings. The van der Waals surface area contributed by atoms with Gasteiger partial charge in [-0.05, 0) is 56.1 Å². The molecule has 5 nitrogen and oxygen atoms in total. The van der Waals surface area contributed by atoms with Crippen molar-refractivity contribution in [2.75, 3.05) is 13.1 Å². The topological polar surface area (TPSA) is 43.1 Å². The zero-order chi connectivity index (χ0) is 20.1.